The molecule has 0 N–H and O–H groups in total. The predicted molar refractivity (Wildman–Crippen MR) is 104 cm³/mol. The van der Waals surface area contributed by atoms with Crippen molar-refractivity contribution in [1.82, 2.24) is 9.47 Å². The molecule has 132 valence electrons. The highest BCUT2D eigenvalue weighted by atomic mass is 16.2. The van der Waals surface area contributed by atoms with Crippen molar-refractivity contribution in [2.45, 2.75) is 32.4 Å². The van der Waals surface area contributed by atoms with Gasteiger partial charge in [0, 0.05) is 25.5 Å². The Morgan fingerprint density at radius 3 is 2.54 bits per heavy atom. The molecular weight excluding hydrogens is 320 g/mol. The zero-order valence-electron chi connectivity index (χ0n) is 15.1. The van der Waals surface area contributed by atoms with Crippen molar-refractivity contribution < 1.29 is 4.79 Å². The Kier molecular flexibility index (Phi) is 4.61. The molecule has 1 amide bonds. The second kappa shape index (κ2) is 7.20. The second-order valence-electron chi connectivity index (χ2n) is 7.10. The van der Waals surface area contributed by atoms with Gasteiger partial charge >= 0.3 is 0 Å². The first-order valence-electron chi connectivity index (χ1n) is 9.24. The van der Waals surface area contributed by atoms with Gasteiger partial charge in [-0.15, -0.1) is 0 Å². The molecule has 3 nitrogen and oxygen atoms in total. The Hall–Kier alpha value is -2.81. The van der Waals surface area contributed by atoms with Crippen LogP contribution in [0.1, 0.15) is 34.7 Å². The lowest BCUT2D eigenvalue weighted by Gasteiger charge is -2.30. The van der Waals surface area contributed by atoms with Gasteiger partial charge in [-0.05, 0) is 42.2 Å². The fourth-order valence-electron chi connectivity index (χ4n) is 3.83. The van der Waals surface area contributed by atoms with Crippen LogP contribution in [0, 0.1) is 6.92 Å². The lowest BCUT2D eigenvalue weighted by atomic mass is 9.97. The molecule has 0 saturated carbocycles. The van der Waals surface area contributed by atoms with Crippen molar-refractivity contribution in [3.8, 4) is 0 Å². The number of aromatic nitrogens is 1. The molecule has 1 aliphatic heterocycles. The Morgan fingerprint density at radius 2 is 1.77 bits per heavy atom. The minimum atomic E-state index is 0.0366. The Morgan fingerprint density at radius 1 is 1.00 bits per heavy atom. The van der Waals surface area contributed by atoms with E-state index in [-0.39, 0.29) is 11.9 Å². The van der Waals surface area contributed by atoms with E-state index < -0.39 is 0 Å². The first kappa shape index (κ1) is 16.6. The molecule has 0 aliphatic carbocycles. The summed E-state index contributed by atoms with van der Waals surface area (Å²) >= 11 is 0. The number of rotatable bonds is 4. The molecule has 2 aromatic carbocycles. The summed E-state index contributed by atoms with van der Waals surface area (Å²) in [5.41, 5.74) is 5.06. The normalized spacial score (nSPS) is 14.7. The van der Waals surface area contributed by atoms with Gasteiger partial charge in [0.15, 0.2) is 0 Å². The summed E-state index contributed by atoms with van der Waals surface area (Å²) in [6.45, 7) is 3.63. The standard InChI is InChI=1S/C23H24N2O/c1-18-7-6-10-20(15-18)22(24-12-4-5-13-24)16-23(26)25-14-11-19-8-2-3-9-21(19)17-25/h2-10,12-13,15,22H,11,14,16-17H2,1H3/t22-/m0/s1. The van der Waals surface area contributed by atoms with E-state index in [0.717, 1.165) is 19.5 Å². The van der Waals surface area contributed by atoms with E-state index in [1.54, 1.807) is 0 Å². The number of fused-ring (bicyclic) bond motifs is 1. The molecule has 1 aromatic heterocycles. The summed E-state index contributed by atoms with van der Waals surface area (Å²) in [5.74, 6) is 0.222. The number of carbonyl (C=O) groups is 1. The molecule has 0 spiro atoms. The van der Waals surface area contributed by atoms with Gasteiger partial charge in [-0.1, -0.05) is 54.1 Å². The molecule has 26 heavy (non-hydrogen) atoms. The Bertz CT molecular complexity index is 898. The predicted octanol–water partition coefficient (Wildman–Crippen LogP) is 4.36. The van der Waals surface area contributed by atoms with Crippen LogP contribution in [0.5, 0.6) is 0 Å². The van der Waals surface area contributed by atoms with Crippen molar-refractivity contribution in [2.75, 3.05) is 6.54 Å². The average Bonchev–Trinajstić information content (AvgIpc) is 3.20. The van der Waals surface area contributed by atoms with Gasteiger partial charge in [0.2, 0.25) is 5.91 Å². The first-order valence-corrected chi connectivity index (χ1v) is 9.24. The zero-order chi connectivity index (χ0) is 17.9. The van der Waals surface area contributed by atoms with Crippen molar-refractivity contribution in [2.24, 2.45) is 0 Å². The monoisotopic (exact) mass is 344 g/mol. The third kappa shape index (κ3) is 3.43. The van der Waals surface area contributed by atoms with E-state index in [9.17, 15) is 4.79 Å². The van der Waals surface area contributed by atoms with Crippen LogP contribution in [0.4, 0.5) is 0 Å². The number of hydrogen-bond acceptors (Lipinski definition) is 1. The van der Waals surface area contributed by atoms with Crippen LogP contribution < -0.4 is 0 Å². The van der Waals surface area contributed by atoms with Crippen LogP contribution in [-0.4, -0.2) is 21.9 Å². The summed E-state index contributed by atoms with van der Waals surface area (Å²) < 4.78 is 2.14. The fraction of sp³-hybridized carbons (Fsp3) is 0.261. The minimum absolute atomic E-state index is 0.0366. The first-order chi connectivity index (χ1) is 12.7. The maximum absolute atomic E-state index is 13.1. The number of carbonyl (C=O) groups excluding carboxylic acids is 1. The molecule has 1 aliphatic rings. The minimum Gasteiger partial charge on any atom is -0.346 e. The quantitative estimate of drug-likeness (QED) is 0.690. The highest BCUT2D eigenvalue weighted by Crippen LogP contribution is 2.26. The SMILES string of the molecule is Cc1cccc([C@H](CC(=O)N2CCc3ccccc3C2)n2cccc2)c1. The summed E-state index contributed by atoms with van der Waals surface area (Å²) in [4.78, 5) is 15.1. The highest BCUT2D eigenvalue weighted by molar-refractivity contribution is 5.77. The summed E-state index contributed by atoms with van der Waals surface area (Å²) in [7, 11) is 0. The molecule has 0 bridgehead atoms. The fourth-order valence-corrected chi connectivity index (χ4v) is 3.83. The van der Waals surface area contributed by atoms with E-state index in [1.165, 1.54) is 22.3 Å². The van der Waals surface area contributed by atoms with Crippen LogP contribution in [0.15, 0.2) is 73.1 Å². The third-order valence-corrected chi connectivity index (χ3v) is 5.27. The molecule has 3 heteroatoms. The maximum Gasteiger partial charge on any atom is 0.225 e. The summed E-state index contributed by atoms with van der Waals surface area (Å²) in [5, 5.41) is 0. The third-order valence-electron chi connectivity index (χ3n) is 5.27. The lowest BCUT2D eigenvalue weighted by molar-refractivity contribution is -0.132. The smallest absolute Gasteiger partial charge is 0.225 e. The van der Waals surface area contributed by atoms with Crippen LogP contribution in [0.3, 0.4) is 0 Å². The molecular formula is C23H24N2O. The van der Waals surface area contributed by atoms with E-state index in [0.29, 0.717) is 6.42 Å². The van der Waals surface area contributed by atoms with Gasteiger partial charge in [0.25, 0.3) is 0 Å². The van der Waals surface area contributed by atoms with Crippen LogP contribution in [0.2, 0.25) is 0 Å². The largest absolute Gasteiger partial charge is 0.346 e. The van der Waals surface area contributed by atoms with Crippen molar-refractivity contribution in [1.29, 1.82) is 0 Å². The van der Waals surface area contributed by atoms with Gasteiger partial charge < -0.3 is 9.47 Å². The van der Waals surface area contributed by atoms with Crippen molar-refractivity contribution >= 4 is 5.91 Å². The van der Waals surface area contributed by atoms with E-state index >= 15 is 0 Å². The number of amides is 1. The number of nitrogens with zero attached hydrogens (tertiary/aromatic N) is 2. The van der Waals surface area contributed by atoms with Gasteiger partial charge in [-0.25, -0.2) is 0 Å². The zero-order valence-corrected chi connectivity index (χ0v) is 15.1. The molecule has 4 rings (SSSR count). The number of aryl methyl sites for hydroxylation is 1. The van der Waals surface area contributed by atoms with E-state index in [4.69, 9.17) is 0 Å². The van der Waals surface area contributed by atoms with Crippen molar-refractivity contribution in [3.05, 3.63) is 95.3 Å². The van der Waals surface area contributed by atoms with Crippen LogP contribution in [-0.2, 0) is 17.8 Å². The molecule has 2 heterocycles. The maximum atomic E-state index is 13.1. The molecule has 1 atom stereocenters. The highest BCUT2D eigenvalue weighted by Gasteiger charge is 2.24. The lowest BCUT2D eigenvalue weighted by Crippen LogP contribution is -2.37. The van der Waals surface area contributed by atoms with Crippen molar-refractivity contribution in [3.63, 3.8) is 0 Å². The molecule has 0 unspecified atom stereocenters. The Labute approximate surface area is 154 Å². The topological polar surface area (TPSA) is 25.2 Å². The second-order valence-corrected chi connectivity index (χ2v) is 7.10. The summed E-state index contributed by atoms with van der Waals surface area (Å²) in [6, 6.07) is 21.0. The van der Waals surface area contributed by atoms with Gasteiger partial charge in [0.05, 0.1) is 12.5 Å². The van der Waals surface area contributed by atoms with Gasteiger partial charge in [0.1, 0.15) is 0 Å². The molecule has 3 aromatic rings. The van der Waals surface area contributed by atoms with E-state index in [1.807, 2.05) is 29.4 Å². The molecule has 0 fully saturated rings. The number of benzene rings is 2. The average molecular weight is 344 g/mol. The Balaban J connectivity index is 1.56. The van der Waals surface area contributed by atoms with Crippen LogP contribution >= 0.6 is 0 Å². The van der Waals surface area contributed by atoms with Gasteiger partial charge in [-0.3, -0.25) is 4.79 Å². The van der Waals surface area contributed by atoms with Gasteiger partial charge in [-0.2, -0.15) is 0 Å². The van der Waals surface area contributed by atoms with Crippen LogP contribution in [0.25, 0.3) is 0 Å². The summed E-state index contributed by atoms with van der Waals surface area (Å²) in [6.07, 6.45) is 5.53. The molecule has 0 saturated heterocycles. The molecule has 0 radical (unpaired) electrons. The number of hydrogen-bond donors (Lipinski definition) is 0. The van der Waals surface area contributed by atoms with E-state index in [2.05, 4.69) is 60.0 Å².